The summed E-state index contributed by atoms with van der Waals surface area (Å²) < 4.78 is 1.16. The smallest absolute Gasteiger partial charge is 0.0306 e. The van der Waals surface area contributed by atoms with Crippen molar-refractivity contribution in [3.05, 3.63) is 69.7 Å². The van der Waals surface area contributed by atoms with Crippen molar-refractivity contribution in [2.24, 2.45) is 0 Å². The Hall–Kier alpha value is -1.12. The second kappa shape index (κ2) is 6.88. The molecular weight excluding hydrogens is 298 g/mol. The van der Waals surface area contributed by atoms with Crippen molar-refractivity contribution in [3.63, 3.8) is 0 Å². The zero-order valence-corrected chi connectivity index (χ0v) is 13.1. The summed E-state index contributed by atoms with van der Waals surface area (Å²) in [5, 5.41) is 3.56. The molecule has 0 aliphatic heterocycles. The Morgan fingerprint density at radius 2 is 1.63 bits per heavy atom. The molecule has 1 N–H and O–H groups in total. The van der Waals surface area contributed by atoms with Gasteiger partial charge in [-0.3, -0.25) is 0 Å². The fourth-order valence-corrected chi connectivity index (χ4v) is 2.73. The SMILES string of the molecule is CCc1ccc(CN[C@H](C)c2ccccc2Br)cc1. The van der Waals surface area contributed by atoms with Crippen LogP contribution in [0.4, 0.5) is 0 Å². The number of nitrogens with one attached hydrogen (secondary N) is 1. The van der Waals surface area contributed by atoms with E-state index in [2.05, 4.69) is 77.6 Å². The normalized spacial score (nSPS) is 12.4. The van der Waals surface area contributed by atoms with E-state index in [-0.39, 0.29) is 0 Å². The van der Waals surface area contributed by atoms with Gasteiger partial charge in [0.15, 0.2) is 0 Å². The second-order valence-electron chi connectivity index (χ2n) is 4.79. The first-order valence-corrected chi connectivity index (χ1v) is 7.55. The molecule has 0 aromatic heterocycles. The molecule has 0 heterocycles. The van der Waals surface area contributed by atoms with Crippen LogP contribution in [0.15, 0.2) is 53.0 Å². The van der Waals surface area contributed by atoms with Crippen LogP contribution < -0.4 is 5.32 Å². The highest BCUT2D eigenvalue weighted by Gasteiger charge is 2.07. The van der Waals surface area contributed by atoms with Crippen molar-refractivity contribution in [1.82, 2.24) is 5.32 Å². The molecule has 0 bridgehead atoms. The Labute approximate surface area is 124 Å². The van der Waals surface area contributed by atoms with Crippen LogP contribution in [-0.2, 0) is 13.0 Å². The maximum atomic E-state index is 3.60. The molecule has 2 aromatic carbocycles. The molecule has 2 heteroatoms. The van der Waals surface area contributed by atoms with Crippen molar-refractivity contribution < 1.29 is 0 Å². The van der Waals surface area contributed by atoms with E-state index in [1.165, 1.54) is 16.7 Å². The third-order valence-corrected chi connectivity index (χ3v) is 4.14. The van der Waals surface area contributed by atoms with Gasteiger partial charge in [-0.15, -0.1) is 0 Å². The Morgan fingerprint density at radius 3 is 2.26 bits per heavy atom. The van der Waals surface area contributed by atoms with Crippen molar-refractivity contribution in [2.75, 3.05) is 0 Å². The fourth-order valence-electron chi connectivity index (χ4n) is 2.10. The summed E-state index contributed by atoms with van der Waals surface area (Å²) in [6.07, 6.45) is 1.10. The van der Waals surface area contributed by atoms with Crippen LogP contribution in [-0.4, -0.2) is 0 Å². The van der Waals surface area contributed by atoms with Crippen LogP contribution in [0.2, 0.25) is 0 Å². The number of hydrogen-bond donors (Lipinski definition) is 1. The predicted molar refractivity (Wildman–Crippen MR) is 85.2 cm³/mol. The molecule has 0 amide bonds. The number of aryl methyl sites for hydroxylation is 1. The molecule has 2 aromatic rings. The third kappa shape index (κ3) is 3.92. The highest BCUT2D eigenvalue weighted by atomic mass is 79.9. The average molecular weight is 318 g/mol. The minimum absolute atomic E-state index is 0.335. The molecule has 0 radical (unpaired) electrons. The second-order valence-corrected chi connectivity index (χ2v) is 5.65. The molecule has 0 aliphatic carbocycles. The summed E-state index contributed by atoms with van der Waals surface area (Å²) in [4.78, 5) is 0. The van der Waals surface area contributed by atoms with Crippen molar-refractivity contribution in [2.45, 2.75) is 32.9 Å². The maximum absolute atomic E-state index is 3.60. The number of halogens is 1. The number of rotatable bonds is 5. The standard InChI is InChI=1S/C17H20BrN/c1-3-14-8-10-15(11-9-14)12-19-13(2)16-6-4-5-7-17(16)18/h4-11,13,19H,3,12H2,1-2H3/t13-/m1/s1. The van der Waals surface area contributed by atoms with Gasteiger partial charge < -0.3 is 5.32 Å². The van der Waals surface area contributed by atoms with E-state index in [0.29, 0.717) is 6.04 Å². The van der Waals surface area contributed by atoms with Gasteiger partial charge in [0.1, 0.15) is 0 Å². The van der Waals surface area contributed by atoms with Crippen LogP contribution in [0.1, 0.15) is 36.6 Å². The fraction of sp³-hybridized carbons (Fsp3) is 0.294. The van der Waals surface area contributed by atoms with E-state index in [9.17, 15) is 0 Å². The van der Waals surface area contributed by atoms with E-state index in [0.717, 1.165) is 17.4 Å². The van der Waals surface area contributed by atoms with Gasteiger partial charge in [-0.05, 0) is 36.1 Å². The molecule has 19 heavy (non-hydrogen) atoms. The average Bonchev–Trinajstić information content (AvgIpc) is 2.46. The highest BCUT2D eigenvalue weighted by molar-refractivity contribution is 9.10. The largest absolute Gasteiger partial charge is 0.306 e. The van der Waals surface area contributed by atoms with E-state index < -0.39 is 0 Å². The molecule has 0 saturated carbocycles. The summed E-state index contributed by atoms with van der Waals surface area (Å²) in [6.45, 7) is 5.27. The molecule has 1 nitrogen and oxygen atoms in total. The van der Waals surface area contributed by atoms with Crippen molar-refractivity contribution >= 4 is 15.9 Å². The zero-order valence-electron chi connectivity index (χ0n) is 11.5. The molecule has 0 spiro atoms. The van der Waals surface area contributed by atoms with Crippen molar-refractivity contribution in [3.8, 4) is 0 Å². The first-order valence-electron chi connectivity index (χ1n) is 6.76. The van der Waals surface area contributed by atoms with E-state index >= 15 is 0 Å². The Bertz CT molecular complexity index is 519. The molecule has 0 saturated heterocycles. The predicted octanol–water partition coefficient (Wildman–Crippen LogP) is 4.86. The maximum Gasteiger partial charge on any atom is 0.0306 e. The summed E-state index contributed by atoms with van der Waals surface area (Å²) in [5.41, 5.74) is 4.02. The zero-order chi connectivity index (χ0) is 13.7. The first-order chi connectivity index (χ1) is 9.20. The van der Waals surface area contributed by atoms with Crippen LogP contribution in [0.3, 0.4) is 0 Å². The van der Waals surface area contributed by atoms with E-state index in [1.54, 1.807) is 0 Å². The van der Waals surface area contributed by atoms with Crippen molar-refractivity contribution in [1.29, 1.82) is 0 Å². The highest BCUT2D eigenvalue weighted by Crippen LogP contribution is 2.22. The van der Waals surface area contributed by atoms with Crippen LogP contribution >= 0.6 is 15.9 Å². The Morgan fingerprint density at radius 1 is 1.00 bits per heavy atom. The van der Waals surface area contributed by atoms with E-state index in [1.807, 2.05) is 6.07 Å². The Balaban J connectivity index is 1.96. The monoisotopic (exact) mass is 317 g/mol. The summed E-state index contributed by atoms with van der Waals surface area (Å²) >= 11 is 3.60. The van der Waals surface area contributed by atoms with E-state index in [4.69, 9.17) is 0 Å². The van der Waals surface area contributed by atoms with Crippen LogP contribution in [0, 0.1) is 0 Å². The number of hydrogen-bond acceptors (Lipinski definition) is 1. The topological polar surface area (TPSA) is 12.0 Å². The minimum Gasteiger partial charge on any atom is -0.306 e. The van der Waals surface area contributed by atoms with Gasteiger partial charge in [0, 0.05) is 17.1 Å². The summed E-state index contributed by atoms with van der Waals surface area (Å²) in [7, 11) is 0. The summed E-state index contributed by atoms with van der Waals surface area (Å²) in [5.74, 6) is 0. The molecule has 2 rings (SSSR count). The quantitative estimate of drug-likeness (QED) is 0.830. The Kier molecular flexibility index (Phi) is 5.17. The van der Waals surface area contributed by atoms with Gasteiger partial charge in [0.05, 0.1) is 0 Å². The minimum atomic E-state index is 0.335. The molecular formula is C17H20BrN. The van der Waals surface area contributed by atoms with Crippen LogP contribution in [0.5, 0.6) is 0 Å². The van der Waals surface area contributed by atoms with Gasteiger partial charge in [0.25, 0.3) is 0 Å². The lowest BCUT2D eigenvalue weighted by atomic mass is 10.1. The van der Waals surface area contributed by atoms with Gasteiger partial charge in [-0.25, -0.2) is 0 Å². The molecule has 0 fully saturated rings. The lowest BCUT2D eigenvalue weighted by Gasteiger charge is -2.16. The molecule has 100 valence electrons. The van der Waals surface area contributed by atoms with Gasteiger partial charge in [-0.1, -0.05) is 65.3 Å². The van der Waals surface area contributed by atoms with Gasteiger partial charge in [0.2, 0.25) is 0 Å². The molecule has 1 atom stereocenters. The molecule has 0 unspecified atom stereocenters. The molecule has 0 aliphatic rings. The van der Waals surface area contributed by atoms with Gasteiger partial charge in [-0.2, -0.15) is 0 Å². The summed E-state index contributed by atoms with van der Waals surface area (Å²) in [6, 6.07) is 17.5. The third-order valence-electron chi connectivity index (χ3n) is 3.42. The lowest BCUT2D eigenvalue weighted by molar-refractivity contribution is 0.573. The lowest BCUT2D eigenvalue weighted by Crippen LogP contribution is -2.18. The number of benzene rings is 2. The first kappa shape index (κ1) is 14.3. The van der Waals surface area contributed by atoms with Gasteiger partial charge >= 0.3 is 0 Å². The van der Waals surface area contributed by atoms with Crippen LogP contribution in [0.25, 0.3) is 0 Å².